The second kappa shape index (κ2) is 8.27. The molecular weight excluding hydrogens is 342 g/mol. The molecule has 0 aliphatic carbocycles. The summed E-state index contributed by atoms with van der Waals surface area (Å²) in [6, 6.07) is 11.4. The number of allylic oxidation sites excluding steroid dienone is 1. The van der Waals surface area contributed by atoms with Crippen LogP contribution in [0.25, 0.3) is 11.4 Å². The minimum absolute atomic E-state index is 0.180. The smallest absolute Gasteiger partial charge is 0.244 e. The Balaban J connectivity index is 1.72. The second-order valence-corrected chi connectivity index (χ2v) is 6.05. The molecular formula is C20H21N5O2. The number of aromatic nitrogens is 4. The first-order chi connectivity index (χ1) is 13.1. The molecule has 2 aromatic heterocycles. The lowest BCUT2D eigenvalue weighted by Crippen LogP contribution is -2.22. The van der Waals surface area contributed by atoms with E-state index in [1.54, 1.807) is 24.2 Å². The Morgan fingerprint density at radius 1 is 1.30 bits per heavy atom. The van der Waals surface area contributed by atoms with E-state index in [9.17, 15) is 4.79 Å². The zero-order chi connectivity index (χ0) is 19.2. The van der Waals surface area contributed by atoms with Gasteiger partial charge in [-0.25, -0.2) is 14.6 Å². The third-order valence-electron chi connectivity index (χ3n) is 4.06. The Hall–Kier alpha value is -3.48. The van der Waals surface area contributed by atoms with Gasteiger partial charge in [-0.1, -0.05) is 18.2 Å². The molecule has 1 amide bonds. The lowest BCUT2D eigenvalue weighted by Gasteiger charge is -2.10. The Labute approximate surface area is 157 Å². The first kappa shape index (κ1) is 18.3. The maximum absolute atomic E-state index is 12.3. The fourth-order valence-electron chi connectivity index (χ4n) is 2.61. The van der Waals surface area contributed by atoms with Crippen molar-refractivity contribution >= 4 is 11.5 Å². The summed E-state index contributed by atoms with van der Waals surface area (Å²) in [5.41, 5.74) is 3.51. The number of methoxy groups -OCH3 is 1. The summed E-state index contributed by atoms with van der Waals surface area (Å²) >= 11 is 0. The highest BCUT2D eigenvalue weighted by molar-refractivity contribution is 5.94. The van der Waals surface area contributed by atoms with Gasteiger partial charge in [0.25, 0.3) is 0 Å². The molecule has 0 bridgehead atoms. The van der Waals surface area contributed by atoms with Gasteiger partial charge in [0.05, 0.1) is 7.11 Å². The van der Waals surface area contributed by atoms with E-state index in [-0.39, 0.29) is 5.91 Å². The number of carbonyl (C=O) groups is 1. The highest BCUT2D eigenvalue weighted by Gasteiger charge is 2.09. The van der Waals surface area contributed by atoms with Gasteiger partial charge in [-0.2, -0.15) is 5.10 Å². The second-order valence-electron chi connectivity index (χ2n) is 6.05. The van der Waals surface area contributed by atoms with Gasteiger partial charge in [-0.15, -0.1) is 0 Å². The number of hydrogen-bond donors (Lipinski definition) is 1. The lowest BCUT2D eigenvalue weighted by molar-refractivity contribution is -0.116. The summed E-state index contributed by atoms with van der Waals surface area (Å²) < 4.78 is 6.81. The zero-order valence-electron chi connectivity index (χ0n) is 15.5. The molecule has 0 saturated heterocycles. The third-order valence-corrected chi connectivity index (χ3v) is 4.06. The molecule has 0 spiro atoms. The average molecular weight is 363 g/mol. The Kier molecular flexibility index (Phi) is 5.61. The molecule has 7 nitrogen and oxygen atoms in total. The Morgan fingerprint density at radius 3 is 2.89 bits per heavy atom. The molecule has 2 heterocycles. The SMILES string of the molecule is COc1cccc(C(C)=CC(=O)NCc2ccc(C)nc2-n2cncn2)c1. The Morgan fingerprint density at radius 2 is 2.15 bits per heavy atom. The monoisotopic (exact) mass is 363 g/mol. The summed E-state index contributed by atoms with van der Waals surface area (Å²) in [7, 11) is 1.62. The van der Waals surface area contributed by atoms with Gasteiger partial charge in [0.2, 0.25) is 5.91 Å². The first-order valence-electron chi connectivity index (χ1n) is 8.49. The number of aryl methyl sites for hydroxylation is 1. The molecule has 0 aliphatic rings. The van der Waals surface area contributed by atoms with Crippen LogP contribution in [0.5, 0.6) is 5.75 Å². The van der Waals surface area contributed by atoms with E-state index in [1.165, 1.54) is 6.33 Å². The molecule has 3 aromatic rings. The minimum Gasteiger partial charge on any atom is -0.497 e. The quantitative estimate of drug-likeness (QED) is 0.681. The molecule has 0 fully saturated rings. The predicted octanol–water partition coefficient (Wildman–Crippen LogP) is 2.70. The molecule has 0 saturated carbocycles. The third kappa shape index (κ3) is 4.58. The van der Waals surface area contributed by atoms with Crippen LogP contribution in [0.1, 0.15) is 23.7 Å². The van der Waals surface area contributed by atoms with Gasteiger partial charge in [0, 0.05) is 23.9 Å². The van der Waals surface area contributed by atoms with Crippen molar-refractivity contribution in [1.29, 1.82) is 0 Å². The number of pyridine rings is 1. The highest BCUT2D eigenvalue weighted by atomic mass is 16.5. The van der Waals surface area contributed by atoms with E-state index in [0.717, 1.165) is 28.1 Å². The largest absolute Gasteiger partial charge is 0.497 e. The van der Waals surface area contributed by atoms with Crippen LogP contribution in [-0.2, 0) is 11.3 Å². The number of amides is 1. The molecule has 0 unspecified atom stereocenters. The maximum Gasteiger partial charge on any atom is 0.244 e. The van der Waals surface area contributed by atoms with Crippen molar-refractivity contribution in [1.82, 2.24) is 25.1 Å². The van der Waals surface area contributed by atoms with E-state index in [1.807, 2.05) is 50.2 Å². The first-order valence-corrected chi connectivity index (χ1v) is 8.49. The van der Waals surface area contributed by atoms with Gasteiger partial charge in [0.15, 0.2) is 5.82 Å². The van der Waals surface area contributed by atoms with Crippen LogP contribution in [0, 0.1) is 6.92 Å². The topological polar surface area (TPSA) is 81.9 Å². The fourth-order valence-corrected chi connectivity index (χ4v) is 2.61. The minimum atomic E-state index is -0.180. The van der Waals surface area contributed by atoms with Gasteiger partial charge in [-0.3, -0.25) is 4.79 Å². The molecule has 0 atom stereocenters. The number of ether oxygens (including phenoxy) is 1. The summed E-state index contributed by atoms with van der Waals surface area (Å²) in [6.07, 6.45) is 4.61. The average Bonchev–Trinajstić information content (AvgIpc) is 3.21. The van der Waals surface area contributed by atoms with Crippen LogP contribution in [-0.4, -0.2) is 32.8 Å². The van der Waals surface area contributed by atoms with Crippen molar-refractivity contribution in [3.05, 3.63) is 71.9 Å². The van der Waals surface area contributed by atoms with Gasteiger partial charge < -0.3 is 10.1 Å². The number of nitrogens with one attached hydrogen (secondary N) is 1. The standard InChI is InChI=1S/C20H21N5O2/c1-14(16-5-4-6-18(10-16)27-3)9-19(26)22-11-17-8-7-15(2)24-20(17)25-13-21-12-23-25/h4-10,12-13H,11H2,1-3H3,(H,22,26). The molecule has 1 N–H and O–H groups in total. The molecule has 3 rings (SSSR count). The van der Waals surface area contributed by atoms with E-state index in [4.69, 9.17) is 4.74 Å². The highest BCUT2D eigenvalue weighted by Crippen LogP contribution is 2.19. The van der Waals surface area contributed by atoms with Crippen molar-refractivity contribution < 1.29 is 9.53 Å². The molecule has 27 heavy (non-hydrogen) atoms. The summed E-state index contributed by atoms with van der Waals surface area (Å²) in [5, 5.41) is 7.03. The van der Waals surface area contributed by atoms with E-state index in [0.29, 0.717) is 12.4 Å². The normalized spacial score (nSPS) is 11.3. The molecule has 1 aromatic carbocycles. The van der Waals surface area contributed by atoms with Crippen LogP contribution in [0.4, 0.5) is 0 Å². The number of nitrogens with zero attached hydrogens (tertiary/aromatic N) is 4. The fraction of sp³-hybridized carbons (Fsp3) is 0.200. The maximum atomic E-state index is 12.3. The molecule has 0 radical (unpaired) electrons. The molecule has 7 heteroatoms. The van der Waals surface area contributed by atoms with Crippen LogP contribution in [0.2, 0.25) is 0 Å². The van der Waals surface area contributed by atoms with E-state index in [2.05, 4.69) is 20.4 Å². The van der Waals surface area contributed by atoms with E-state index >= 15 is 0 Å². The predicted molar refractivity (Wildman–Crippen MR) is 102 cm³/mol. The van der Waals surface area contributed by atoms with Crippen molar-refractivity contribution in [2.45, 2.75) is 20.4 Å². The summed E-state index contributed by atoms with van der Waals surface area (Å²) in [6.45, 7) is 4.13. The molecule has 0 aliphatic heterocycles. The van der Waals surface area contributed by atoms with Gasteiger partial charge >= 0.3 is 0 Å². The van der Waals surface area contributed by atoms with Crippen molar-refractivity contribution in [3.8, 4) is 11.6 Å². The lowest BCUT2D eigenvalue weighted by atomic mass is 10.1. The van der Waals surface area contributed by atoms with Crippen LogP contribution in [0.3, 0.4) is 0 Å². The van der Waals surface area contributed by atoms with Gasteiger partial charge in [-0.05, 0) is 43.2 Å². The number of hydrogen-bond acceptors (Lipinski definition) is 5. The number of rotatable bonds is 6. The zero-order valence-corrected chi connectivity index (χ0v) is 15.5. The summed E-state index contributed by atoms with van der Waals surface area (Å²) in [4.78, 5) is 20.8. The van der Waals surface area contributed by atoms with Crippen molar-refractivity contribution in [2.24, 2.45) is 0 Å². The van der Waals surface area contributed by atoms with Gasteiger partial charge in [0.1, 0.15) is 18.4 Å². The molecule has 138 valence electrons. The van der Waals surface area contributed by atoms with Crippen LogP contribution in [0.15, 0.2) is 55.1 Å². The van der Waals surface area contributed by atoms with E-state index < -0.39 is 0 Å². The van der Waals surface area contributed by atoms with Crippen LogP contribution < -0.4 is 10.1 Å². The number of benzene rings is 1. The van der Waals surface area contributed by atoms with Crippen LogP contribution >= 0.6 is 0 Å². The summed E-state index contributed by atoms with van der Waals surface area (Å²) in [5.74, 6) is 1.23. The van der Waals surface area contributed by atoms with Crippen molar-refractivity contribution in [2.75, 3.05) is 7.11 Å². The number of carbonyl (C=O) groups excluding carboxylic acids is 1. The van der Waals surface area contributed by atoms with Crippen molar-refractivity contribution in [3.63, 3.8) is 0 Å². The Bertz CT molecular complexity index is 964.